The maximum Gasteiger partial charge on any atom is 0.225 e. The van der Waals surface area contributed by atoms with Gasteiger partial charge in [-0.2, -0.15) is 0 Å². The summed E-state index contributed by atoms with van der Waals surface area (Å²) >= 11 is 0. The Morgan fingerprint density at radius 1 is 1.52 bits per heavy atom. The highest BCUT2D eigenvalue weighted by molar-refractivity contribution is 5.91. The number of nitrogens with one attached hydrogen (secondary N) is 2. The van der Waals surface area contributed by atoms with E-state index in [9.17, 15) is 4.79 Å². The van der Waals surface area contributed by atoms with Crippen LogP contribution >= 0.6 is 0 Å². The standard InChI is InChI=1S/C15H19N5O/c1-20-10-17-19-15(20)11-4-2-5-13(8-11)18-14(21)9-12-6-3-7-16-12/h2,4-5,8,10,12,16H,3,6-7,9H2,1H3,(H,18,21). The van der Waals surface area contributed by atoms with Gasteiger partial charge in [-0.1, -0.05) is 12.1 Å². The summed E-state index contributed by atoms with van der Waals surface area (Å²) in [4.78, 5) is 12.0. The maximum atomic E-state index is 12.0. The molecule has 1 fully saturated rings. The molecule has 1 unspecified atom stereocenters. The van der Waals surface area contributed by atoms with Crippen LogP contribution in [0.25, 0.3) is 11.4 Å². The minimum atomic E-state index is 0.0458. The molecule has 0 aliphatic carbocycles. The third kappa shape index (κ3) is 3.28. The number of rotatable bonds is 4. The fourth-order valence-electron chi connectivity index (χ4n) is 2.65. The summed E-state index contributed by atoms with van der Waals surface area (Å²) in [6.45, 7) is 1.01. The van der Waals surface area contributed by atoms with Crippen molar-refractivity contribution in [2.24, 2.45) is 7.05 Å². The van der Waals surface area contributed by atoms with Crippen LogP contribution in [0.3, 0.4) is 0 Å². The molecular weight excluding hydrogens is 266 g/mol. The molecule has 1 saturated heterocycles. The van der Waals surface area contributed by atoms with E-state index in [1.54, 1.807) is 6.33 Å². The zero-order valence-corrected chi connectivity index (χ0v) is 12.0. The number of carbonyl (C=O) groups is 1. The molecule has 0 spiro atoms. The topological polar surface area (TPSA) is 71.8 Å². The van der Waals surface area contributed by atoms with Gasteiger partial charge >= 0.3 is 0 Å². The van der Waals surface area contributed by atoms with Gasteiger partial charge in [-0.15, -0.1) is 10.2 Å². The van der Waals surface area contributed by atoms with Crippen molar-refractivity contribution in [3.05, 3.63) is 30.6 Å². The van der Waals surface area contributed by atoms with Crippen LogP contribution in [0.1, 0.15) is 19.3 Å². The fourth-order valence-corrected chi connectivity index (χ4v) is 2.65. The Balaban J connectivity index is 1.68. The number of hydrogen-bond acceptors (Lipinski definition) is 4. The maximum absolute atomic E-state index is 12.0. The first kappa shape index (κ1) is 13.8. The normalized spacial score (nSPS) is 17.9. The number of anilines is 1. The van der Waals surface area contributed by atoms with Crippen LogP contribution in [0.2, 0.25) is 0 Å². The minimum absolute atomic E-state index is 0.0458. The highest BCUT2D eigenvalue weighted by Crippen LogP contribution is 2.20. The Kier molecular flexibility index (Phi) is 3.96. The van der Waals surface area contributed by atoms with E-state index < -0.39 is 0 Å². The van der Waals surface area contributed by atoms with Gasteiger partial charge in [-0.25, -0.2) is 0 Å². The van der Waals surface area contributed by atoms with E-state index in [1.807, 2.05) is 35.9 Å². The Labute approximate surface area is 123 Å². The third-order valence-corrected chi connectivity index (χ3v) is 3.71. The SMILES string of the molecule is Cn1cnnc1-c1cccc(NC(=O)CC2CCCN2)c1. The van der Waals surface area contributed by atoms with Gasteiger partial charge in [0.25, 0.3) is 0 Å². The fraction of sp³-hybridized carbons (Fsp3) is 0.400. The quantitative estimate of drug-likeness (QED) is 0.894. The molecule has 6 heteroatoms. The average Bonchev–Trinajstić information content (AvgIpc) is 3.10. The molecule has 2 N–H and O–H groups in total. The largest absolute Gasteiger partial charge is 0.326 e. The number of carbonyl (C=O) groups excluding carboxylic acids is 1. The zero-order valence-electron chi connectivity index (χ0n) is 12.0. The van der Waals surface area contributed by atoms with E-state index in [2.05, 4.69) is 20.8 Å². The minimum Gasteiger partial charge on any atom is -0.326 e. The summed E-state index contributed by atoms with van der Waals surface area (Å²) < 4.78 is 1.85. The van der Waals surface area contributed by atoms with Crippen molar-refractivity contribution < 1.29 is 4.79 Å². The van der Waals surface area contributed by atoms with Gasteiger partial charge in [0, 0.05) is 30.8 Å². The Morgan fingerprint density at radius 3 is 3.14 bits per heavy atom. The van der Waals surface area contributed by atoms with Crippen LogP contribution in [0.5, 0.6) is 0 Å². The summed E-state index contributed by atoms with van der Waals surface area (Å²) in [6.07, 6.45) is 4.41. The van der Waals surface area contributed by atoms with E-state index in [0.29, 0.717) is 12.5 Å². The van der Waals surface area contributed by atoms with Crippen LogP contribution in [0.15, 0.2) is 30.6 Å². The second kappa shape index (κ2) is 6.05. The van der Waals surface area contributed by atoms with E-state index in [-0.39, 0.29) is 5.91 Å². The van der Waals surface area contributed by atoms with Crippen molar-refractivity contribution in [1.82, 2.24) is 20.1 Å². The van der Waals surface area contributed by atoms with E-state index in [4.69, 9.17) is 0 Å². The first-order valence-corrected chi connectivity index (χ1v) is 7.20. The van der Waals surface area contributed by atoms with Crippen molar-refractivity contribution >= 4 is 11.6 Å². The first-order chi connectivity index (χ1) is 10.2. The molecule has 0 saturated carbocycles. The summed E-state index contributed by atoms with van der Waals surface area (Å²) in [6, 6.07) is 7.99. The summed E-state index contributed by atoms with van der Waals surface area (Å²) in [5, 5.41) is 14.2. The van der Waals surface area contributed by atoms with Gasteiger partial charge in [0.1, 0.15) is 6.33 Å². The van der Waals surface area contributed by atoms with Crippen LogP contribution in [-0.2, 0) is 11.8 Å². The highest BCUT2D eigenvalue weighted by atomic mass is 16.1. The molecule has 3 rings (SSSR count). The summed E-state index contributed by atoms with van der Waals surface area (Å²) in [5.41, 5.74) is 1.73. The van der Waals surface area contributed by atoms with Crippen molar-refractivity contribution in [1.29, 1.82) is 0 Å². The Hall–Kier alpha value is -2.21. The van der Waals surface area contributed by atoms with Gasteiger partial charge < -0.3 is 15.2 Å². The number of benzene rings is 1. The van der Waals surface area contributed by atoms with Gasteiger partial charge in [-0.05, 0) is 31.5 Å². The highest BCUT2D eigenvalue weighted by Gasteiger charge is 2.17. The van der Waals surface area contributed by atoms with Gasteiger partial charge in [0.05, 0.1) is 0 Å². The predicted molar refractivity (Wildman–Crippen MR) is 80.7 cm³/mol. The molecular formula is C15H19N5O. The molecule has 0 bridgehead atoms. The Bertz CT molecular complexity index is 630. The van der Waals surface area contributed by atoms with Crippen LogP contribution in [0.4, 0.5) is 5.69 Å². The number of amides is 1. The number of hydrogen-bond donors (Lipinski definition) is 2. The van der Waals surface area contributed by atoms with Crippen LogP contribution in [-0.4, -0.2) is 33.3 Å². The third-order valence-electron chi connectivity index (χ3n) is 3.71. The van der Waals surface area contributed by atoms with Crippen molar-refractivity contribution in [2.75, 3.05) is 11.9 Å². The second-order valence-corrected chi connectivity index (χ2v) is 5.39. The first-order valence-electron chi connectivity index (χ1n) is 7.20. The molecule has 1 aromatic heterocycles. The lowest BCUT2D eigenvalue weighted by molar-refractivity contribution is -0.116. The zero-order chi connectivity index (χ0) is 14.7. The van der Waals surface area contributed by atoms with E-state index in [1.165, 1.54) is 0 Å². The lowest BCUT2D eigenvalue weighted by Gasteiger charge is -2.11. The number of nitrogens with zero attached hydrogens (tertiary/aromatic N) is 3. The molecule has 1 aliphatic heterocycles. The molecule has 1 atom stereocenters. The molecule has 1 amide bonds. The van der Waals surface area contributed by atoms with Gasteiger partial charge in [0.15, 0.2) is 5.82 Å². The molecule has 0 radical (unpaired) electrons. The lowest BCUT2D eigenvalue weighted by atomic mass is 10.1. The van der Waals surface area contributed by atoms with E-state index >= 15 is 0 Å². The molecule has 2 aromatic rings. The van der Waals surface area contributed by atoms with Gasteiger partial charge in [0.2, 0.25) is 5.91 Å². The predicted octanol–water partition coefficient (Wildman–Crippen LogP) is 1.56. The number of aryl methyl sites for hydroxylation is 1. The van der Waals surface area contributed by atoms with Gasteiger partial charge in [-0.3, -0.25) is 4.79 Å². The molecule has 21 heavy (non-hydrogen) atoms. The Morgan fingerprint density at radius 2 is 2.43 bits per heavy atom. The lowest BCUT2D eigenvalue weighted by Crippen LogP contribution is -2.27. The van der Waals surface area contributed by atoms with Crippen molar-refractivity contribution in [3.63, 3.8) is 0 Å². The average molecular weight is 285 g/mol. The summed E-state index contributed by atoms with van der Waals surface area (Å²) in [7, 11) is 1.90. The van der Waals surface area contributed by atoms with E-state index in [0.717, 1.165) is 36.5 Å². The van der Waals surface area contributed by atoms with Crippen LogP contribution < -0.4 is 10.6 Å². The molecule has 110 valence electrons. The molecule has 1 aliphatic rings. The van der Waals surface area contributed by atoms with Crippen molar-refractivity contribution in [2.45, 2.75) is 25.3 Å². The number of aromatic nitrogens is 3. The monoisotopic (exact) mass is 285 g/mol. The summed E-state index contributed by atoms with van der Waals surface area (Å²) in [5.74, 6) is 0.827. The van der Waals surface area contributed by atoms with Crippen molar-refractivity contribution in [3.8, 4) is 11.4 Å². The second-order valence-electron chi connectivity index (χ2n) is 5.39. The molecule has 1 aromatic carbocycles. The van der Waals surface area contributed by atoms with Crippen LogP contribution in [0, 0.1) is 0 Å². The molecule has 2 heterocycles. The molecule has 6 nitrogen and oxygen atoms in total. The smallest absolute Gasteiger partial charge is 0.225 e.